The van der Waals surface area contributed by atoms with Gasteiger partial charge in [0.15, 0.2) is 10.8 Å². The number of rotatable bonds is 5. The lowest BCUT2D eigenvalue weighted by atomic mass is 10.3. The molecule has 1 aliphatic rings. The van der Waals surface area contributed by atoms with Gasteiger partial charge in [0.2, 0.25) is 0 Å². The highest BCUT2D eigenvalue weighted by Crippen LogP contribution is 2.35. The molecule has 4 heterocycles. The first-order chi connectivity index (χ1) is 15.0. The molecule has 0 bridgehead atoms. The van der Waals surface area contributed by atoms with Crippen molar-refractivity contribution >= 4 is 57.2 Å². The van der Waals surface area contributed by atoms with Crippen LogP contribution in [0.2, 0.25) is 15.2 Å². The summed E-state index contributed by atoms with van der Waals surface area (Å²) in [4.78, 5) is 12.4. The van der Waals surface area contributed by atoms with Crippen molar-refractivity contribution < 1.29 is 0 Å². The standard InChI is InChI=1S/C20H15Cl3N8/c21-12-3-14-15(4-13(12)22)28-19(27-14)8-24-16-5-18(23)29-31-17(7-25-20(16)31)10-6-26-30(9-10)11-1-2-11/h3-7,9,11,24H,1-2,8H2,(H,27,28). The Morgan fingerprint density at radius 1 is 1.10 bits per heavy atom. The van der Waals surface area contributed by atoms with Crippen molar-refractivity contribution in [2.24, 2.45) is 0 Å². The van der Waals surface area contributed by atoms with E-state index in [9.17, 15) is 0 Å². The minimum absolute atomic E-state index is 0.354. The van der Waals surface area contributed by atoms with E-state index < -0.39 is 0 Å². The highest BCUT2D eigenvalue weighted by molar-refractivity contribution is 6.42. The van der Waals surface area contributed by atoms with Gasteiger partial charge >= 0.3 is 0 Å². The molecular formula is C20H15Cl3N8. The van der Waals surface area contributed by atoms with Gasteiger partial charge in [-0.15, -0.1) is 0 Å². The molecule has 0 radical (unpaired) electrons. The minimum atomic E-state index is 0.354. The van der Waals surface area contributed by atoms with E-state index in [-0.39, 0.29) is 0 Å². The summed E-state index contributed by atoms with van der Waals surface area (Å²) in [5.74, 6) is 0.733. The summed E-state index contributed by atoms with van der Waals surface area (Å²) in [6.07, 6.45) is 7.99. The monoisotopic (exact) mass is 472 g/mol. The third-order valence-electron chi connectivity index (χ3n) is 5.28. The zero-order valence-corrected chi connectivity index (χ0v) is 18.2. The summed E-state index contributed by atoms with van der Waals surface area (Å²) < 4.78 is 3.73. The number of fused-ring (bicyclic) bond motifs is 2. The molecule has 11 heteroatoms. The van der Waals surface area contributed by atoms with Gasteiger partial charge in [0.1, 0.15) is 5.82 Å². The van der Waals surface area contributed by atoms with E-state index in [1.807, 2.05) is 17.1 Å². The Bertz CT molecular complexity index is 1410. The maximum absolute atomic E-state index is 6.31. The highest BCUT2D eigenvalue weighted by atomic mass is 35.5. The molecule has 2 N–H and O–H groups in total. The SMILES string of the molecule is Clc1cc(NCc2nc3cc(Cl)c(Cl)cc3[nH]2)c2ncc(-c3cnn(C4CC4)c3)n2n1. The van der Waals surface area contributed by atoms with Crippen LogP contribution in [0.3, 0.4) is 0 Å². The fraction of sp³-hybridized carbons (Fsp3) is 0.200. The number of hydrogen-bond acceptors (Lipinski definition) is 5. The van der Waals surface area contributed by atoms with Gasteiger partial charge in [-0.25, -0.2) is 14.5 Å². The minimum Gasteiger partial charge on any atom is -0.375 e. The Labute approximate surface area is 191 Å². The summed E-state index contributed by atoms with van der Waals surface area (Å²) in [5, 5.41) is 13.6. The lowest BCUT2D eigenvalue weighted by Crippen LogP contribution is -2.05. The predicted molar refractivity (Wildman–Crippen MR) is 121 cm³/mol. The van der Waals surface area contributed by atoms with E-state index in [2.05, 4.69) is 30.5 Å². The number of hydrogen-bond donors (Lipinski definition) is 2. The smallest absolute Gasteiger partial charge is 0.177 e. The van der Waals surface area contributed by atoms with Crippen LogP contribution in [0.5, 0.6) is 0 Å². The van der Waals surface area contributed by atoms with Crippen LogP contribution in [-0.4, -0.2) is 34.3 Å². The van der Waals surface area contributed by atoms with Crippen molar-refractivity contribution in [3.05, 3.63) is 57.8 Å². The fourth-order valence-corrected chi connectivity index (χ4v) is 4.10. The number of benzene rings is 1. The molecule has 31 heavy (non-hydrogen) atoms. The molecule has 156 valence electrons. The summed E-state index contributed by atoms with van der Waals surface area (Å²) in [5.41, 5.74) is 4.77. The first kappa shape index (κ1) is 18.9. The largest absolute Gasteiger partial charge is 0.375 e. The van der Waals surface area contributed by atoms with Crippen LogP contribution >= 0.6 is 34.8 Å². The Morgan fingerprint density at radius 2 is 1.94 bits per heavy atom. The van der Waals surface area contributed by atoms with E-state index in [4.69, 9.17) is 34.8 Å². The molecule has 0 atom stereocenters. The molecule has 4 aromatic heterocycles. The average Bonchev–Trinajstić information content (AvgIpc) is 3.15. The van der Waals surface area contributed by atoms with Crippen molar-refractivity contribution in [2.75, 3.05) is 5.32 Å². The summed E-state index contributed by atoms with van der Waals surface area (Å²) in [6, 6.07) is 5.76. The number of aromatic nitrogens is 7. The molecule has 6 rings (SSSR count). The van der Waals surface area contributed by atoms with E-state index in [1.165, 1.54) is 12.8 Å². The molecule has 0 unspecified atom stereocenters. The topological polar surface area (TPSA) is 88.7 Å². The van der Waals surface area contributed by atoms with Crippen LogP contribution in [0.15, 0.2) is 36.8 Å². The van der Waals surface area contributed by atoms with Crippen molar-refractivity contribution in [3.8, 4) is 11.3 Å². The fourth-order valence-electron chi connectivity index (χ4n) is 3.60. The van der Waals surface area contributed by atoms with Crippen molar-refractivity contribution in [3.63, 3.8) is 0 Å². The molecular weight excluding hydrogens is 459 g/mol. The zero-order chi connectivity index (χ0) is 21.1. The first-order valence-electron chi connectivity index (χ1n) is 9.71. The molecule has 1 aliphatic carbocycles. The van der Waals surface area contributed by atoms with Gasteiger partial charge in [0, 0.05) is 17.8 Å². The van der Waals surface area contributed by atoms with Crippen molar-refractivity contribution in [1.29, 1.82) is 0 Å². The van der Waals surface area contributed by atoms with Crippen LogP contribution < -0.4 is 5.32 Å². The van der Waals surface area contributed by atoms with Gasteiger partial charge in [-0.1, -0.05) is 34.8 Å². The van der Waals surface area contributed by atoms with Gasteiger partial charge in [-0.05, 0) is 25.0 Å². The van der Waals surface area contributed by atoms with E-state index in [1.54, 1.807) is 28.9 Å². The third-order valence-corrected chi connectivity index (χ3v) is 6.18. The van der Waals surface area contributed by atoms with E-state index >= 15 is 0 Å². The number of anilines is 1. The second-order valence-electron chi connectivity index (χ2n) is 7.52. The molecule has 0 amide bonds. The van der Waals surface area contributed by atoms with Gasteiger partial charge < -0.3 is 10.3 Å². The Kier molecular flexibility index (Phi) is 4.34. The first-order valence-corrected chi connectivity index (χ1v) is 10.8. The molecule has 0 saturated heterocycles. The molecule has 1 saturated carbocycles. The summed E-state index contributed by atoms with van der Waals surface area (Å²) in [6.45, 7) is 0.432. The quantitative estimate of drug-likeness (QED) is 0.358. The Hall–Kier alpha value is -2.81. The summed E-state index contributed by atoms with van der Waals surface area (Å²) in [7, 11) is 0. The van der Waals surface area contributed by atoms with Gasteiger partial charge in [0.25, 0.3) is 0 Å². The molecule has 1 aromatic carbocycles. The van der Waals surface area contributed by atoms with Crippen LogP contribution in [0, 0.1) is 0 Å². The van der Waals surface area contributed by atoms with Crippen LogP contribution in [0.4, 0.5) is 5.69 Å². The van der Waals surface area contributed by atoms with Crippen LogP contribution in [-0.2, 0) is 6.54 Å². The lowest BCUT2D eigenvalue weighted by molar-refractivity contribution is 0.642. The zero-order valence-electron chi connectivity index (χ0n) is 16.0. The number of nitrogens with one attached hydrogen (secondary N) is 2. The average molecular weight is 474 g/mol. The number of aromatic amines is 1. The van der Waals surface area contributed by atoms with Gasteiger partial charge in [-0.3, -0.25) is 4.68 Å². The van der Waals surface area contributed by atoms with Gasteiger partial charge in [0.05, 0.1) is 57.4 Å². The maximum Gasteiger partial charge on any atom is 0.177 e. The number of halogens is 3. The number of H-pyrrole nitrogens is 1. The number of nitrogens with zero attached hydrogens (tertiary/aromatic N) is 6. The van der Waals surface area contributed by atoms with Gasteiger partial charge in [-0.2, -0.15) is 10.2 Å². The van der Waals surface area contributed by atoms with E-state index in [0.29, 0.717) is 33.4 Å². The molecule has 0 aliphatic heterocycles. The third kappa shape index (κ3) is 3.40. The summed E-state index contributed by atoms with van der Waals surface area (Å²) >= 11 is 18.5. The maximum atomic E-state index is 6.31. The lowest BCUT2D eigenvalue weighted by Gasteiger charge is -2.07. The van der Waals surface area contributed by atoms with Crippen LogP contribution in [0.25, 0.3) is 27.9 Å². The molecule has 8 nitrogen and oxygen atoms in total. The predicted octanol–water partition coefficient (Wildman–Crippen LogP) is 5.38. The van der Waals surface area contributed by atoms with E-state index in [0.717, 1.165) is 33.8 Å². The van der Waals surface area contributed by atoms with Crippen molar-refractivity contribution in [2.45, 2.75) is 25.4 Å². The molecule has 1 fully saturated rings. The number of imidazole rings is 2. The highest BCUT2D eigenvalue weighted by Gasteiger charge is 2.25. The Balaban J connectivity index is 1.32. The van der Waals surface area contributed by atoms with Crippen molar-refractivity contribution in [1.82, 2.24) is 34.3 Å². The second kappa shape index (κ2) is 7.12. The Morgan fingerprint density at radius 3 is 2.77 bits per heavy atom. The second-order valence-corrected chi connectivity index (χ2v) is 8.72. The normalized spacial score (nSPS) is 14.0. The van der Waals surface area contributed by atoms with Crippen LogP contribution in [0.1, 0.15) is 24.7 Å². The molecule has 0 spiro atoms. The molecule has 5 aromatic rings.